The number of hydrogen-bond donors (Lipinski definition) is 1. The average Bonchev–Trinajstić information content (AvgIpc) is 2.39. The first kappa shape index (κ1) is 13.2. The lowest BCUT2D eigenvalue weighted by Crippen LogP contribution is -2.58. The predicted molar refractivity (Wildman–Crippen MR) is 79.7 cm³/mol. The van der Waals surface area contributed by atoms with E-state index in [0.717, 1.165) is 38.8 Å². The number of nitrogens with zero attached hydrogens (tertiary/aromatic N) is 1. The minimum absolute atomic E-state index is 0.279. The van der Waals surface area contributed by atoms with Crippen molar-refractivity contribution in [2.24, 2.45) is 5.41 Å². The number of carbonyl (C=O) groups is 1. The van der Waals surface area contributed by atoms with Crippen molar-refractivity contribution in [1.29, 1.82) is 0 Å². The van der Waals surface area contributed by atoms with Crippen LogP contribution in [0.5, 0.6) is 0 Å². The SMILES string of the molecule is Cc1ccccc1C=C1CCC2(CC1)CN(C(=O)O)C2. The Bertz CT molecular complexity index is 544. The van der Waals surface area contributed by atoms with E-state index < -0.39 is 6.09 Å². The van der Waals surface area contributed by atoms with E-state index >= 15 is 0 Å². The molecular weight excluding hydrogens is 250 g/mol. The summed E-state index contributed by atoms with van der Waals surface area (Å²) >= 11 is 0. The van der Waals surface area contributed by atoms with Crippen molar-refractivity contribution in [2.75, 3.05) is 13.1 Å². The Kier molecular flexibility index (Phi) is 3.28. The second-order valence-corrected chi connectivity index (χ2v) is 6.30. The van der Waals surface area contributed by atoms with E-state index in [1.807, 2.05) is 0 Å². The third kappa shape index (κ3) is 2.45. The highest BCUT2D eigenvalue weighted by Crippen LogP contribution is 2.45. The molecule has 0 radical (unpaired) electrons. The van der Waals surface area contributed by atoms with Gasteiger partial charge in [0.05, 0.1) is 0 Å². The van der Waals surface area contributed by atoms with Crippen LogP contribution in [0.4, 0.5) is 4.79 Å². The topological polar surface area (TPSA) is 40.5 Å². The van der Waals surface area contributed by atoms with Gasteiger partial charge in [0.2, 0.25) is 0 Å². The Morgan fingerprint density at radius 3 is 2.50 bits per heavy atom. The molecule has 1 N–H and O–H groups in total. The maximum absolute atomic E-state index is 10.9. The maximum atomic E-state index is 10.9. The third-order valence-electron chi connectivity index (χ3n) is 4.82. The van der Waals surface area contributed by atoms with Crippen molar-refractivity contribution in [3.05, 3.63) is 41.0 Å². The van der Waals surface area contributed by atoms with Gasteiger partial charge in [-0.2, -0.15) is 0 Å². The Morgan fingerprint density at radius 1 is 1.25 bits per heavy atom. The summed E-state index contributed by atoms with van der Waals surface area (Å²) in [5.74, 6) is 0. The van der Waals surface area contributed by atoms with Crippen molar-refractivity contribution in [2.45, 2.75) is 32.6 Å². The van der Waals surface area contributed by atoms with Gasteiger partial charge in [0.25, 0.3) is 0 Å². The normalized spacial score (nSPS) is 20.6. The number of allylic oxidation sites excluding steroid dienone is 1. The third-order valence-corrected chi connectivity index (χ3v) is 4.82. The molecule has 1 aromatic rings. The second kappa shape index (κ2) is 4.97. The Hall–Kier alpha value is -1.77. The zero-order valence-corrected chi connectivity index (χ0v) is 11.9. The van der Waals surface area contributed by atoms with Crippen molar-refractivity contribution in [3.63, 3.8) is 0 Å². The van der Waals surface area contributed by atoms with Crippen LogP contribution < -0.4 is 0 Å². The van der Waals surface area contributed by atoms with E-state index in [4.69, 9.17) is 5.11 Å². The molecular formula is C17H21NO2. The molecule has 1 saturated carbocycles. The van der Waals surface area contributed by atoms with Crippen molar-refractivity contribution >= 4 is 12.2 Å². The van der Waals surface area contributed by atoms with E-state index in [-0.39, 0.29) is 5.41 Å². The number of benzene rings is 1. The van der Waals surface area contributed by atoms with Gasteiger partial charge in [0.1, 0.15) is 0 Å². The summed E-state index contributed by atoms with van der Waals surface area (Å²) in [5, 5.41) is 8.94. The van der Waals surface area contributed by atoms with Crippen LogP contribution in [-0.2, 0) is 0 Å². The van der Waals surface area contributed by atoms with Crippen molar-refractivity contribution < 1.29 is 9.90 Å². The van der Waals surface area contributed by atoms with Gasteiger partial charge in [-0.15, -0.1) is 0 Å². The van der Waals surface area contributed by atoms with Crippen LogP contribution in [0.1, 0.15) is 36.8 Å². The Balaban J connectivity index is 1.62. The van der Waals surface area contributed by atoms with E-state index in [1.54, 1.807) is 0 Å². The molecule has 0 unspecified atom stereocenters. The summed E-state index contributed by atoms with van der Waals surface area (Å²) in [7, 11) is 0. The lowest BCUT2D eigenvalue weighted by atomic mass is 9.67. The molecule has 3 rings (SSSR count). The van der Waals surface area contributed by atoms with Gasteiger partial charge in [0, 0.05) is 18.5 Å². The van der Waals surface area contributed by atoms with E-state index in [2.05, 4.69) is 37.3 Å². The van der Waals surface area contributed by atoms with Gasteiger partial charge in [-0.25, -0.2) is 4.79 Å². The van der Waals surface area contributed by atoms with Crippen LogP contribution in [0.2, 0.25) is 0 Å². The second-order valence-electron chi connectivity index (χ2n) is 6.30. The van der Waals surface area contributed by atoms with Gasteiger partial charge >= 0.3 is 6.09 Å². The molecule has 1 heterocycles. The van der Waals surface area contributed by atoms with E-state index in [9.17, 15) is 4.79 Å². The molecule has 1 aliphatic heterocycles. The van der Waals surface area contributed by atoms with Gasteiger partial charge < -0.3 is 10.0 Å². The smallest absolute Gasteiger partial charge is 0.407 e. The Labute approximate surface area is 119 Å². The molecule has 3 heteroatoms. The van der Waals surface area contributed by atoms with Gasteiger partial charge in [-0.3, -0.25) is 0 Å². The van der Waals surface area contributed by atoms with Crippen LogP contribution in [0, 0.1) is 12.3 Å². The number of aryl methyl sites for hydroxylation is 1. The quantitative estimate of drug-likeness (QED) is 0.840. The first-order valence-electron chi connectivity index (χ1n) is 7.31. The molecule has 2 fully saturated rings. The molecule has 1 spiro atoms. The van der Waals surface area contributed by atoms with Gasteiger partial charge in [-0.05, 0) is 43.7 Å². The van der Waals surface area contributed by atoms with Crippen molar-refractivity contribution in [3.8, 4) is 0 Å². The fourth-order valence-corrected chi connectivity index (χ4v) is 3.43. The lowest BCUT2D eigenvalue weighted by Gasteiger charge is -2.51. The summed E-state index contributed by atoms with van der Waals surface area (Å²) in [5.41, 5.74) is 4.43. The highest BCUT2D eigenvalue weighted by atomic mass is 16.4. The molecule has 106 valence electrons. The average molecular weight is 271 g/mol. The first-order valence-corrected chi connectivity index (χ1v) is 7.31. The van der Waals surface area contributed by atoms with E-state index in [0.29, 0.717) is 0 Å². The van der Waals surface area contributed by atoms with Crippen LogP contribution in [0.3, 0.4) is 0 Å². The molecule has 1 saturated heterocycles. The standard InChI is InChI=1S/C17H21NO2/c1-13-4-2-3-5-15(13)10-14-6-8-17(9-7-14)11-18(12-17)16(19)20/h2-5,10H,6-9,11-12H2,1H3,(H,19,20). The highest BCUT2D eigenvalue weighted by molar-refractivity contribution is 5.66. The van der Waals surface area contributed by atoms with Gasteiger partial charge in [-0.1, -0.05) is 35.9 Å². The molecule has 0 aromatic heterocycles. The first-order chi connectivity index (χ1) is 9.58. The summed E-state index contributed by atoms with van der Waals surface area (Å²) in [6.07, 6.45) is 6.06. The molecule has 3 nitrogen and oxygen atoms in total. The summed E-state index contributed by atoms with van der Waals surface area (Å²) < 4.78 is 0. The van der Waals surface area contributed by atoms with Crippen LogP contribution in [0.25, 0.3) is 6.08 Å². The largest absolute Gasteiger partial charge is 0.465 e. The minimum atomic E-state index is -0.767. The molecule has 1 aromatic carbocycles. The Morgan fingerprint density at radius 2 is 1.90 bits per heavy atom. The molecule has 0 atom stereocenters. The van der Waals surface area contributed by atoms with Gasteiger partial charge in [0.15, 0.2) is 0 Å². The zero-order valence-electron chi connectivity index (χ0n) is 11.9. The van der Waals surface area contributed by atoms with Crippen LogP contribution >= 0.6 is 0 Å². The maximum Gasteiger partial charge on any atom is 0.407 e. The monoisotopic (exact) mass is 271 g/mol. The predicted octanol–water partition coefficient (Wildman–Crippen LogP) is 3.93. The molecule has 20 heavy (non-hydrogen) atoms. The molecule has 1 aliphatic carbocycles. The summed E-state index contributed by atoms with van der Waals surface area (Å²) in [4.78, 5) is 12.4. The fraction of sp³-hybridized carbons (Fsp3) is 0.471. The van der Waals surface area contributed by atoms with E-state index in [1.165, 1.54) is 21.6 Å². The molecule has 2 aliphatic rings. The number of amides is 1. The minimum Gasteiger partial charge on any atom is -0.465 e. The number of likely N-dealkylation sites (tertiary alicyclic amines) is 1. The molecule has 0 bridgehead atoms. The zero-order chi connectivity index (χ0) is 14.2. The van der Waals surface area contributed by atoms with Crippen molar-refractivity contribution in [1.82, 2.24) is 4.90 Å². The molecule has 1 amide bonds. The van der Waals surface area contributed by atoms with Crippen LogP contribution in [-0.4, -0.2) is 29.2 Å². The number of rotatable bonds is 1. The summed E-state index contributed by atoms with van der Waals surface area (Å²) in [6.45, 7) is 3.62. The van der Waals surface area contributed by atoms with Crippen LogP contribution in [0.15, 0.2) is 29.8 Å². The summed E-state index contributed by atoms with van der Waals surface area (Å²) in [6, 6.07) is 8.47. The number of hydrogen-bond acceptors (Lipinski definition) is 1. The number of carboxylic acid groups (broad SMARTS) is 1. The fourth-order valence-electron chi connectivity index (χ4n) is 3.43. The highest BCUT2D eigenvalue weighted by Gasteiger charge is 2.46. The lowest BCUT2D eigenvalue weighted by molar-refractivity contribution is -0.00796.